The summed E-state index contributed by atoms with van der Waals surface area (Å²) in [5, 5.41) is 0. The number of rotatable bonds is 10. The molecule has 4 unspecified atom stereocenters. The minimum atomic E-state index is -0.210. The topological polar surface area (TPSA) is 60.6 Å². The van der Waals surface area contributed by atoms with E-state index in [-0.39, 0.29) is 29.2 Å². The number of hydrogen-bond donors (Lipinski definition) is 0. The second-order valence-electron chi connectivity index (χ2n) is 16.1. The molecule has 2 aliphatic heterocycles. The number of esters is 1. The molecule has 6 aliphatic rings. The molecule has 6 fully saturated rings. The first kappa shape index (κ1) is 29.1. The predicted molar refractivity (Wildman–Crippen MR) is 163 cm³/mol. The van der Waals surface area contributed by atoms with E-state index in [2.05, 4.69) is 34.6 Å². The molecule has 0 amide bonds. The normalized spacial score (nSPS) is 43.9. The zero-order valence-corrected chi connectivity index (χ0v) is 26.7. The molecule has 0 aromatic heterocycles. The highest BCUT2D eigenvalue weighted by atomic mass is 16.6. The number of carbonyl (C=O) groups excluding carboxylic acids is 1. The molecule has 1 spiro atoms. The quantitative estimate of drug-likeness (QED) is 0.207. The fourth-order valence-corrected chi connectivity index (χ4v) is 11.1. The van der Waals surface area contributed by atoms with Gasteiger partial charge in [0, 0.05) is 5.41 Å². The Morgan fingerprint density at radius 1 is 1.00 bits per heavy atom. The molecule has 2 saturated heterocycles. The third-order valence-corrected chi connectivity index (χ3v) is 13.4. The molecule has 0 bridgehead atoms. The average molecular weight is 579 g/mol. The molecule has 42 heavy (non-hydrogen) atoms. The van der Waals surface area contributed by atoms with Crippen LogP contribution >= 0.6 is 0 Å². The first-order valence-electron chi connectivity index (χ1n) is 17.4. The van der Waals surface area contributed by atoms with Crippen LogP contribution in [0.15, 0.2) is 24.3 Å². The Kier molecular flexibility index (Phi) is 7.49. The van der Waals surface area contributed by atoms with E-state index < -0.39 is 0 Å². The van der Waals surface area contributed by atoms with Crippen LogP contribution in [0.4, 0.5) is 0 Å². The molecule has 11 atom stereocenters. The monoisotopic (exact) mass is 578 g/mol. The van der Waals surface area contributed by atoms with E-state index in [4.69, 9.17) is 18.9 Å². The van der Waals surface area contributed by atoms with Crippen molar-refractivity contribution in [1.82, 2.24) is 0 Å². The summed E-state index contributed by atoms with van der Waals surface area (Å²) in [5.74, 6) is 5.33. The van der Waals surface area contributed by atoms with Gasteiger partial charge in [-0.25, -0.2) is 4.79 Å². The van der Waals surface area contributed by atoms with Crippen LogP contribution in [0.1, 0.15) is 116 Å². The number of fused-ring (bicyclic) bond motifs is 4. The summed E-state index contributed by atoms with van der Waals surface area (Å²) in [5.41, 5.74) is 1.20. The number of ether oxygens (including phenoxy) is 4. The van der Waals surface area contributed by atoms with Gasteiger partial charge in [-0.05, 0) is 117 Å². The van der Waals surface area contributed by atoms with E-state index in [0.717, 1.165) is 61.2 Å². The van der Waals surface area contributed by atoms with Crippen LogP contribution in [-0.2, 0) is 14.2 Å². The van der Waals surface area contributed by atoms with Crippen LogP contribution in [0.5, 0.6) is 5.75 Å². The van der Waals surface area contributed by atoms with Gasteiger partial charge in [0.15, 0.2) is 0 Å². The first-order valence-corrected chi connectivity index (χ1v) is 17.4. The number of epoxide rings is 2. The van der Waals surface area contributed by atoms with Crippen molar-refractivity contribution in [1.29, 1.82) is 0 Å². The number of hydrogen-bond acceptors (Lipinski definition) is 5. The van der Waals surface area contributed by atoms with Crippen molar-refractivity contribution >= 4 is 5.97 Å². The van der Waals surface area contributed by atoms with Gasteiger partial charge in [0.25, 0.3) is 0 Å². The first-order chi connectivity index (χ1) is 20.1. The minimum absolute atomic E-state index is 0.0250. The summed E-state index contributed by atoms with van der Waals surface area (Å²) in [6.07, 6.45) is 14.4. The fourth-order valence-electron chi connectivity index (χ4n) is 11.1. The third-order valence-electron chi connectivity index (χ3n) is 13.4. The molecule has 5 nitrogen and oxygen atoms in total. The van der Waals surface area contributed by atoms with Crippen LogP contribution in [0.25, 0.3) is 0 Å². The second-order valence-corrected chi connectivity index (χ2v) is 16.1. The van der Waals surface area contributed by atoms with Crippen molar-refractivity contribution in [3.8, 4) is 5.75 Å². The van der Waals surface area contributed by atoms with Crippen molar-refractivity contribution in [2.75, 3.05) is 13.2 Å². The minimum Gasteiger partial charge on any atom is -0.491 e. The molecule has 7 rings (SSSR count). The maximum absolute atomic E-state index is 13.2. The van der Waals surface area contributed by atoms with Crippen molar-refractivity contribution in [3.05, 3.63) is 29.8 Å². The van der Waals surface area contributed by atoms with Crippen molar-refractivity contribution in [3.63, 3.8) is 0 Å². The molecular formula is C37H54O5. The maximum atomic E-state index is 13.2. The summed E-state index contributed by atoms with van der Waals surface area (Å²) >= 11 is 0. The van der Waals surface area contributed by atoms with E-state index in [9.17, 15) is 4.79 Å². The van der Waals surface area contributed by atoms with Crippen LogP contribution < -0.4 is 4.74 Å². The highest BCUT2D eigenvalue weighted by Gasteiger charge is 2.76. The van der Waals surface area contributed by atoms with Gasteiger partial charge in [-0.1, -0.05) is 53.9 Å². The van der Waals surface area contributed by atoms with Gasteiger partial charge in [-0.15, -0.1) is 0 Å². The number of benzene rings is 1. The van der Waals surface area contributed by atoms with E-state index in [0.29, 0.717) is 29.6 Å². The maximum Gasteiger partial charge on any atom is 0.338 e. The summed E-state index contributed by atoms with van der Waals surface area (Å²) in [6.45, 7) is 13.8. The van der Waals surface area contributed by atoms with Crippen molar-refractivity contribution < 1.29 is 23.7 Å². The van der Waals surface area contributed by atoms with Crippen LogP contribution in [0, 0.1) is 46.3 Å². The van der Waals surface area contributed by atoms with E-state index in [1.807, 2.05) is 24.3 Å². The number of carbonyl (C=O) groups is 1. The third kappa shape index (κ3) is 4.93. The lowest BCUT2D eigenvalue weighted by molar-refractivity contribution is -0.122. The van der Waals surface area contributed by atoms with Crippen LogP contribution in [0.2, 0.25) is 0 Å². The van der Waals surface area contributed by atoms with Gasteiger partial charge < -0.3 is 18.9 Å². The van der Waals surface area contributed by atoms with Gasteiger partial charge in [0.05, 0.1) is 18.3 Å². The lowest BCUT2D eigenvalue weighted by atomic mass is 9.44. The van der Waals surface area contributed by atoms with Crippen molar-refractivity contribution in [2.45, 2.75) is 129 Å². The van der Waals surface area contributed by atoms with Gasteiger partial charge in [-0.2, -0.15) is 0 Å². The molecule has 1 aromatic rings. The molecule has 5 heteroatoms. The zero-order valence-electron chi connectivity index (χ0n) is 26.7. The smallest absolute Gasteiger partial charge is 0.338 e. The molecule has 232 valence electrons. The summed E-state index contributed by atoms with van der Waals surface area (Å²) in [7, 11) is 0. The van der Waals surface area contributed by atoms with Gasteiger partial charge in [0.2, 0.25) is 0 Å². The Labute approximate surface area is 253 Å². The summed E-state index contributed by atoms with van der Waals surface area (Å²) in [4.78, 5) is 13.2. The largest absolute Gasteiger partial charge is 0.491 e. The van der Waals surface area contributed by atoms with E-state index >= 15 is 0 Å². The Bertz CT molecular complexity index is 1140. The fraction of sp³-hybridized carbons (Fsp3) is 0.811. The Morgan fingerprint density at radius 3 is 2.52 bits per heavy atom. The molecule has 0 N–H and O–H groups in total. The second kappa shape index (κ2) is 10.8. The molecule has 4 saturated carbocycles. The summed E-state index contributed by atoms with van der Waals surface area (Å²) < 4.78 is 23.9. The van der Waals surface area contributed by atoms with E-state index in [1.165, 1.54) is 51.4 Å². The molecule has 1 aromatic carbocycles. The predicted octanol–water partition coefficient (Wildman–Crippen LogP) is 8.24. The zero-order chi connectivity index (χ0) is 29.3. The lowest BCUT2D eigenvalue weighted by Gasteiger charge is -2.59. The average Bonchev–Trinajstić information content (AvgIpc) is 3.87. The van der Waals surface area contributed by atoms with Crippen LogP contribution in [-0.4, -0.2) is 43.1 Å². The molecule has 4 aliphatic carbocycles. The molecule has 2 heterocycles. The van der Waals surface area contributed by atoms with Crippen LogP contribution in [0.3, 0.4) is 0 Å². The van der Waals surface area contributed by atoms with E-state index in [1.54, 1.807) is 0 Å². The highest BCUT2D eigenvalue weighted by molar-refractivity contribution is 5.89. The Balaban J connectivity index is 1.01. The van der Waals surface area contributed by atoms with Gasteiger partial charge in [-0.3, -0.25) is 0 Å². The molecule has 0 radical (unpaired) electrons. The lowest BCUT2D eigenvalue weighted by Crippen LogP contribution is -2.59. The Hall–Kier alpha value is -1.59. The summed E-state index contributed by atoms with van der Waals surface area (Å²) in [6, 6.07) is 7.39. The SMILES string of the molecule is CC(C)CCC[C@@H](C)[C@H]1CC[C@H]2[C@@H]3CC4OC45CCC(OC(=O)c4ccc(OCC6CO6)cc4)C[C@]5(C)[C@H]3CC[C@]12C. The Morgan fingerprint density at radius 2 is 1.79 bits per heavy atom. The van der Waals surface area contributed by atoms with Gasteiger partial charge >= 0.3 is 5.97 Å². The standard InChI is InChI=1S/C37H54O5/c1-23(2)7-6-8-24(3)30-13-14-31-29-19-33-37(42-33)18-15-27(20-36(37,5)32(29)16-17-35(30,31)4)41-34(38)25-9-11-26(12-10-25)39-21-28-22-40-28/h9-12,23-24,27-33H,6-8,13-22H2,1-5H3/t24-,27?,28?,29+,30-,31+,32+,33?,35-,36-,37?/m1/s1. The molecular weight excluding hydrogens is 524 g/mol. The van der Waals surface area contributed by atoms with Gasteiger partial charge in [0.1, 0.15) is 30.2 Å². The highest BCUT2D eigenvalue weighted by Crippen LogP contribution is 2.74. The van der Waals surface area contributed by atoms with Crippen molar-refractivity contribution in [2.24, 2.45) is 46.3 Å².